The fourth-order valence-corrected chi connectivity index (χ4v) is 6.25. The Morgan fingerprint density at radius 2 is 1.85 bits per heavy atom. The zero-order valence-corrected chi connectivity index (χ0v) is 26.6. The minimum absolute atomic E-state index is 0.00681. The number of thiazole rings is 1. The van der Waals surface area contributed by atoms with E-state index in [2.05, 4.69) is 15.9 Å². The summed E-state index contributed by atoms with van der Waals surface area (Å²) in [6.45, 7) is 10.3. The van der Waals surface area contributed by atoms with E-state index in [9.17, 15) is 9.59 Å². The number of nitrogens with zero attached hydrogens (tertiary/aromatic N) is 2. The Morgan fingerprint density at radius 3 is 2.49 bits per heavy atom. The predicted molar refractivity (Wildman–Crippen MR) is 164 cm³/mol. The molecule has 1 atom stereocenters. The molecular weight excluding hydrogens is 608 g/mol. The summed E-state index contributed by atoms with van der Waals surface area (Å²) >= 11 is 4.85. The molecule has 0 saturated carbocycles. The number of aromatic nitrogens is 1. The van der Waals surface area contributed by atoms with E-state index in [0.717, 1.165) is 17.5 Å². The van der Waals surface area contributed by atoms with E-state index in [1.807, 2.05) is 70.2 Å². The lowest BCUT2D eigenvalue weighted by molar-refractivity contribution is -0.139. The Morgan fingerprint density at radius 1 is 1.10 bits per heavy atom. The van der Waals surface area contributed by atoms with Crippen LogP contribution in [0.15, 0.2) is 61.9 Å². The maximum absolute atomic E-state index is 14.0. The van der Waals surface area contributed by atoms with Gasteiger partial charge in [-0.05, 0) is 91.5 Å². The second-order valence-electron chi connectivity index (χ2n) is 9.61. The Labute approximate surface area is 252 Å². The van der Waals surface area contributed by atoms with Crippen LogP contribution in [0.25, 0.3) is 6.08 Å². The number of carbonyl (C=O) groups excluding carboxylic acids is 1. The summed E-state index contributed by atoms with van der Waals surface area (Å²) in [6, 6.07) is 10.4. The maximum atomic E-state index is 14.0. The average molecular weight is 644 g/mol. The summed E-state index contributed by atoms with van der Waals surface area (Å²) in [5.41, 5.74) is 2.29. The van der Waals surface area contributed by atoms with Gasteiger partial charge in [0.1, 0.15) is 5.75 Å². The molecule has 0 aliphatic carbocycles. The van der Waals surface area contributed by atoms with Crippen molar-refractivity contribution in [2.24, 2.45) is 4.99 Å². The van der Waals surface area contributed by atoms with Crippen molar-refractivity contribution >= 4 is 39.3 Å². The third-order valence-corrected chi connectivity index (χ3v) is 7.91. The number of rotatable bonds is 11. The fourth-order valence-electron chi connectivity index (χ4n) is 4.67. The molecule has 2 aromatic carbocycles. The lowest BCUT2D eigenvalue weighted by Gasteiger charge is -2.26. The standard InChI is InChI=1S/C31H35BrN2O6S/c1-7-10-22-27(30(36)39-9-3)28(20-12-14-23(37-6)21(32)17-20)34-29(35)26(41-31(34)33-22)16-19-11-13-24(40-18(4)5)25(15-19)38-8-2/h11-18,28H,7-10H2,1-6H3/b26-16-/t28-/m1/s1. The van der Waals surface area contributed by atoms with Crippen molar-refractivity contribution in [3.8, 4) is 17.2 Å². The summed E-state index contributed by atoms with van der Waals surface area (Å²) in [6.07, 6.45) is 3.16. The van der Waals surface area contributed by atoms with Crippen LogP contribution >= 0.6 is 27.3 Å². The number of methoxy groups -OCH3 is 1. The Balaban J connectivity index is 1.94. The second kappa shape index (κ2) is 13.5. The fraction of sp³-hybridized carbons (Fsp3) is 0.387. The zero-order valence-electron chi connectivity index (χ0n) is 24.2. The van der Waals surface area contributed by atoms with Crippen molar-refractivity contribution in [3.05, 3.63) is 83.0 Å². The SMILES string of the molecule is CCCC1=C(C(=O)OCC)[C@@H](c2ccc(OC)c(Br)c2)n2c(s/c(=C\c3ccc(OC(C)C)c(OCC)c3)c2=O)=N1. The number of hydrogen-bond acceptors (Lipinski definition) is 8. The second-order valence-corrected chi connectivity index (χ2v) is 11.5. The predicted octanol–water partition coefficient (Wildman–Crippen LogP) is 5.54. The van der Waals surface area contributed by atoms with E-state index in [1.165, 1.54) is 11.3 Å². The molecule has 0 radical (unpaired) electrons. The van der Waals surface area contributed by atoms with Crippen LogP contribution in [0.2, 0.25) is 0 Å². The van der Waals surface area contributed by atoms with E-state index in [4.69, 9.17) is 23.9 Å². The molecule has 4 rings (SSSR count). The number of halogens is 1. The number of fused-ring (bicyclic) bond motifs is 1. The Hall–Kier alpha value is -3.37. The smallest absolute Gasteiger partial charge is 0.338 e. The molecule has 0 saturated heterocycles. The monoisotopic (exact) mass is 642 g/mol. The molecule has 0 N–H and O–H groups in total. The number of esters is 1. The first kappa shape index (κ1) is 30.6. The van der Waals surface area contributed by atoms with Crippen LogP contribution in [-0.4, -0.2) is 37.0 Å². The first-order chi connectivity index (χ1) is 19.7. The van der Waals surface area contributed by atoms with Crippen molar-refractivity contribution in [1.82, 2.24) is 4.57 Å². The van der Waals surface area contributed by atoms with Crippen molar-refractivity contribution in [2.45, 2.75) is 59.6 Å². The first-order valence-corrected chi connectivity index (χ1v) is 15.3. The van der Waals surface area contributed by atoms with Crippen LogP contribution < -0.4 is 29.1 Å². The third kappa shape index (κ3) is 6.59. The summed E-state index contributed by atoms with van der Waals surface area (Å²) < 4.78 is 25.4. The molecular formula is C31H35BrN2O6S. The quantitative estimate of drug-likeness (QED) is 0.255. The van der Waals surface area contributed by atoms with Gasteiger partial charge in [0, 0.05) is 0 Å². The highest BCUT2D eigenvalue weighted by Crippen LogP contribution is 2.36. The van der Waals surface area contributed by atoms with Gasteiger partial charge in [-0.1, -0.05) is 36.8 Å². The van der Waals surface area contributed by atoms with Gasteiger partial charge < -0.3 is 18.9 Å². The minimum Gasteiger partial charge on any atom is -0.496 e. The largest absolute Gasteiger partial charge is 0.496 e. The van der Waals surface area contributed by atoms with Crippen LogP contribution in [0, 0.1) is 0 Å². The van der Waals surface area contributed by atoms with Crippen molar-refractivity contribution in [1.29, 1.82) is 0 Å². The molecule has 10 heteroatoms. The Bertz CT molecular complexity index is 1640. The highest BCUT2D eigenvalue weighted by atomic mass is 79.9. The minimum atomic E-state index is -0.711. The van der Waals surface area contributed by atoms with Gasteiger partial charge in [-0.3, -0.25) is 9.36 Å². The van der Waals surface area contributed by atoms with Crippen LogP contribution in [0.5, 0.6) is 17.2 Å². The molecule has 0 bridgehead atoms. The molecule has 0 fully saturated rings. The van der Waals surface area contributed by atoms with Gasteiger partial charge >= 0.3 is 5.97 Å². The first-order valence-electron chi connectivity index (χ1n) is 13.7. The number of allylic oxidation sites excluding steroid dienone is 1. The summed E-state index contributed by atoms with van der Waals surface area (Å²) in [5.74, 6) is 1.42. The van der Waals surface area contributed by atoms with Crippen molar-refractivity contribution in [2.75, 3.05) is 20.3 Å². The van der Waals surface area contributed by atoms with E-state index in [-0.39, 0.29) is 18.3 Å². The zero-order chi connectivity index (χ0) is 29.7. The van der Waals surface area contributed by atoms with Gasteiger partial charge in [0.25, 0.3) is 5.56 Å². The molecule has 1 aliphatic rings. The molecule has 1 aromatic heterocycles. The number of ether oxygens (including phenoxy) is 4. The van der Waals surface area contributed by atoms with Gasteiger partial charge in [-0.2, -0.15) is 0 Å². The highest BCUT2D eigenvalue weighted by Gasteiger charge is 2.34. The van der Waals surface area contributed by atoms with Gasteiger partial charge in [0.2, 0.25) is 0 Å². The van der Waals surface area contributed by atoms with Gasteiger partial charge in [0.15, 0.2) is 16.3 Å². The van der Waals surface area contributed by atoms with E-state index in [1.54, 1.807) is 18.6 Å². The topological polar surface area (TPSA) is 88.4 Å². The van der Waals surface area contributed by atoms with Crippen LogP contribution in [-0.2, 0) is 9.53 Å². The van der Waals surface area contributed by atoms with Crippen LogP contribution in [0.4, 0.5) is 0 Å². The maximum Gasteiger partial charge on any atom is 0.338 e. The molecule has 41 heavy (non-hydrogen) atoms. The summed E-state index contributed by atoms with van der Waals surface area (Å²) in [4.78, 5) is 32.8. The molecule has 2 heterocycles. The highest BCUT2D eigenvalue weighted by molar-refractivity contribution is 9.10. The number of benzene rings is 2. The molecule has 3 aromatic rings. The molecule has 0 amide bonds. The van der Waals surface area contributed by atoms with E-state index < -0.39 is 12.0 Å². The third-order valence-electron chi connectivity index (χ3n) is 6.31. The van der Waals surface area contributed by atoms with Gasteiger partial charge in [0.05, 0.1) is 52.7 Å². The lowest BCUT2D eigenvalue weighted by Crippen LogP contribution is -2.40. The number of hydrogen-bond donors (Lipinski definition) is 0. The molecule has 218 valence electrons. The van der Waals surface area contributed by atoms with Crippen LogP contribution in [0.1, 0.15) is 64.6 Å². The molecule has 0 spiro atoms. The normalized spacial score (nSPS) is 15.0. The summed E-state index contributed by atoms with van der Waals surface area (Å²) in [5, 5.41) is 0. The van der Waals surface area contributed by atoms with E-state index >= 15 is 0 Å². The van der Waals surface area contributed by atoms with Crippen molar-refractivity contribution < 1.29 is 23.7 Å². The molecule has 1 aliphatic heterocycles. The van der Waals surface area contributed by atoms with Gasteiger partial charge in [-0.15, -0.1) is 0 Å². The molecule has 8 nitrogen and oxygen atoms in total. The molecule has 0 unspecified atom stereocenters. The number of carbonyl (C=O) groups is 1. The van der Waals surface area contributed by atoms with Gasteiger partial charge in [-0.25, -0.2) is 9.79 Å². The van der Waals surface area contributed by atoms with Crippen molar-refractivity contribution in [3.63, 3.8) is 0 Å². The summed E-state index contributed by atoms with van der Waals surface area (Å²) in [7, 11) is 1.59. The van der Waals surface area contributed by atoms with E-state index in [0.29, 0.717) is 55.4 Å². The lowest BCUT2D eigenvalue weighted by atomic mass is 9.94. The Kier molecular flexibility index (Phi) is 10.1. The van der Waals surface area contributed by atoms with Crippen LogP contribution in [0.3, 0.4) is 0 Å². The average Bonchev–Trinajstić information content (AvgIpc) is 3.23.